The molecular formula is C20H21N3O5P-3. The molecule has 3 aromatic rings. The van der Waals surface area contributed by atoms with E-state index in [1.54, 1.807) is 6.20 Å². The highest BCUT2D eigenvalue weighted by atomic mass is 31.2. The number of nitrogens with two attached hydrogens (primary N) is 1. The first-order valence-corrected chi connectivity index (χ1v) is 10.2. The van der Waals surface area contributed by atoms with Crippen molar-refractivity contribution < 1.29 is 24.0 Å². The molecule has 0 aliphatic heterocycles. The second-order valence-corrected chi connectivity index (χ2v) is 7.26. The molecule has 0 aliphatic carbocycles. The Morgan fingerprint density at radius 2 is 1.48 bits per heavy atom. The van der Waals surface area contributed by atoms with Gasteiger partial charge in [0.05, 0.1) is 0 Å². The van der Waals surface area contributed by atoms with Crippen LogP contribution in [0, 0.1) is 6.92 Å². The second kappa shape index (κ2) is 9.62. The van der Waals surface area contributed by atoms with Gasteiger partial charge in [-0.2, -0.15) is 7.82 Å². The van der Waals surface area contributed by atoms with Gasteiger partial charge in [0.2, 0.25) is 5.91 Å². The Bertz CT molecular complexity index is 922. The Labute approximate surface area is 168 Å². The highest BCUT2D eigenvalue weighted by Crippen LogP contribution is 2.36. The molecule has 0 unspecified atom stereocenters. The fraction of sp³-hybridized carbons (Fsp3) is 0.200. The number of nitrogens with zero attached hydrogens (tertiary/aromatic N) is 2. The van der Waals surface area contributed by atoms with Crippen molar-refractivity contribution in [2.24, 2.45) is 5.73 Å². The molecule has 9 heteroatoms. The first-order valence-electron chi connectivity index (χ1n) is 8.76. The van der Waals surface area contributed by atoms with Gasteiger partial charge in [-0.25, -0.2) is 4.98 Å². The number of imidazole rings is 1. The maximum Gasteiger partial charge on any atom is 0.232 e. The normalized spacial score (nSPS) is 11.4. The molecule has 2 N–H and O–H groups in total. The molecule has 3 rings (SSSR count). The van der Waals surface area contributed by atoms with Crippen molar-refractivity contribution in [2.75, 3.05) is 0 Å². The summed E-state index contributed by atoms with van der Waals surface area (Å²) in [5.41, 5.74) is 6.92. The van der Waals surface area contributed by atoms with E-state index in [4.69, 9.17) is 25.0 Å². The van der Waals surface area contributed by atoms with E-state index in [-0.39, 0.29) is 5.91 Å². The minimum absolute atomic E-state index is 0.335. The van der Waals surface area contributed by atoms with E-state index in [9.17, 15) is 4.79 Å². The zero-order chi connectivity index (χ0) is 21.5. The molecule has 1 amide bonds. The first-order chi connectivity index (χ1) is 13.6. The average Bonchev–Trinajstić information content (AvgIpc) is 3.07. The van der Waals surface area contributed by atoms with Crippen molar-refractivity contribution in [2.45, 2.75) is 25.3 Å². The van der Waals surface area contributed by atoms with Crippen LogP contribution in [0.5, 0.6) is 0 Å². The highest BCUT2D eigenvalue weighted by Gasteiger charge is 2.40. The SMILES string of the molecule is Cc1nccn1CCC(C(N)=O)(c1ccccc1)c1ccccc1.O=P([O-])([O-])[O-]. The largest absolute Gasteiger partial charge is 0.822 e. The third-order valence-electron chi connectivity index (χ3n) is 4.61. The minimum atomic E-state index is -5.39. The van der Waals surface area contributed by atoms with Gasteiger partial charge in [-0.3, -0.25) is 4.79 Å². The molecular weight excluding hydrogens is 393 g/mol. The summed E-state index contributed by atoms with van der Waals surface area (Å²) in [7, 11) is -5.39. The topological polar surface area (TPSA) is 147 Å². The van der Waals surface area contributed by atoms with E-state index in [1.807, 2.05) is 78.4 Å². The Balaban J connectivity index is 0.000000537. The van der Waals surface area contributed by atoms with Gasteiger partial charge in [-0.1, -0.05) is 60.7 Å². The fourth-order valence-corrected chi connectivity index (χ4v) is 3.24. The quantitative estimate of drug-likeness (QED) is 0.571. The number of benzene rings is 2. The van der Waals surface area contributed by atoms with Gasteiger partial charge < -0.3 is 29.5 Å². The number of aryl methyl sites for hydroxylation is 2. The highest BCUT2D eigenvalue weighted by molar-refractivity contribution is 7.40. The van der Waals surface area contributed by atoms with Crippen molar-refractivity contribution in [3.05, 3.63) is 90.0 Å². The van der Waals surface area contributed by atoms with Crippen LogP contribution >= 0.6 is 7.82 Å². The lowest BCUT2D eigenvalue weighted by Gasteiger charge is -2.36. The molecule has 0 fully saturated rings. The molecule has 0 aliphatic rings. The molecule has 1 heterocycles. The lowest BCUT2D eigenvalue weighted by Crippen LogP contribution is -2.43. The molecule has 29 heavy (non-hydrogen) atoms. The predicted octanol–water partition coefficient (Wildman–Crippen LogP) is 0.229. The molecule has 0 radical (unpaired) electrons. The standard InChI is InChI=1S/C20H21N3O.H3O4P/c1-16-22-13-15-23(16)14-12-20(19(21)24,17-8-4-2-5-9-17)18-10-6-3-7-11-18;1-5(2,3)4/h2-11,13,15H,12,14H2,1H3,(H2,21,24);(H3,1,2,3,4)/p-3. The van der Waals surface area contributed by atoms with Crippen LogP contribution in [0.3, 0.4) is 0 Å². The van der Waals surface area contributed by atoms with Crippen LogP contribution in [0.2, 0.25) is 0 Å². The monoisotopic (exact) mass is 414 g/mol. The average molecular weight is 414 g/mol. The Hall–Kier alpha value is -2.77. The van der Waals surface area contributed by atoms with E-state index in [0.29, 0.717) is 13.0 Å². The minimum Gasteiger partial charge on any atom is -0.822 e. The van der Waals surface area contributed by atoms with Gasteiger partial charge in [0.25, 0.3) is 0 Å². The maximum absolute atomic E-state index is 12.7. The summed E-state index contributed by atoms with van der Waals surface area (Å²) >= 11 is 0. The summed E-state index contributed by atoms with van der Waals surface area (Å²) in [6, 6.07) is 19.5. The van der Waals surface area contributed by atoms with Crippen molar-refractivity contribution in [3.8, 4) is 0 Å². The van der Waals surface area contributed by atoms with Crippen molar-refractivity contribution in [1.29, 1.82) is 0 Å². The number of rotatable bonds is 6. The van der Waals surface area contributed by atoms with Gasteiger partial charge in [-0.05, 0) is 24.5 Å². The third kappa shape index (κ3) is 6.10. The van der Waals surface area contributed by atoms with E-state index >= 15 is 0 Å². The number of phosphoric acid groups is 1. The van der Waals surface area contributed by atoms with Gasteiger partial charge >= 0.3 is 0 Å². The van der Waals surface area contributed by atoms with Crippen molar-refractivity contribution in [1.82, 2.24) is 9.55 Å². The van der Waals surface area contributed by atoms with Gasteiger partial charge in [0, 0.05) is 18.9 Å². The smallest absolute Gasteiger partial charge is 0.232 e. The van der Waals surface area contributed by atoms with Gasteiger partial charge in [-0.15, -0.1) is 0 Å². The van der Waals surface area contributed by atoms with Crippen molar-refractivity contribution >= 4 is 13.7 Å². The zero-order valence-electron chi connectivity index (χ0n) is 15.8. The van der Waals surface area contributed by atoms with Gasteiger partial charge in [0.1, 0.15) is 11.2 Å². The Morgan fingerprint density at radius 1 is 1.03 bits per heavy atom. The predicted molar refractivity (Wildman–Crippen MR) is 102 cm³/mol. The molecule has 0 spiro atoms. The lowest BCUT2D eigenvalue weighted by atomic mass is 9.71. The van der Waals surface area contributed by atoms with Crippen LogP contribution in [0.25, 0.3) is 0 Å². The Kier molecular flexibility index (Phi) is 7.47. The number of aromatic nitrogens is 2. The number of hydrogen-bond acceptors (Lipinski definition) is 6. The number of hydrogen-bond donors (Lipinski definition) is 1. The summed E-state index contributed by atoms with van der Waals surface area (Å²) < 4.78 is 10.6. The molecule has 1 aromatic heterocycles. The van der Waals surface area contributed by atoms with Crippen LogP contribution < -0.4 is 20.4 Å². The van der Waals surface area contributed by atoms with E-state index in [2.05, 4.69) is 4.98 Å². The van der Waals surface area contributed by atoms with Crippen LogP contribution in [-0.2, 0) is 21.3 Å². The molecule has 0 saturated carbocycles. The fourth-order valence-electron chi connectivity index (χ4n) is 3.24. The van der Waals surface area contributed by atoms with Gasteiger partial charge in [0.15, 0.2) is 0 Å². The summed E-state index contributed by atoms with van der Waals surface area (Å²) in [5.74, 6) is 0.590. The molecule has 154 valence electrons. The zero-order valence-corrected chi connectivity index (χ0v) is 16.7. The van der Waals surface area contributed by atoms with Crippen LogP contribution in [0.4, 0.5) is 0 Å². The second-order valence-electron chi connectivity index (χ2n) is 6.37. The van der Waals surface area contributed by atoms with E-state index in [0.717, 1.165) is 17.0 Å². The summed E-state index contributed by atoms with van der Waals surface area (Å²) in [6.07, 6.45) is 4.27. The molecule has 8 nitrogen and oxygen atoms in total. The number of carbonyl (C=O) groups is 1. The van der Waals surface area contributed by atoms with Crippen LogP contribution in [0.15, 0.2) is 73.1 Å². The number of primary amides is 1. The molecule has 2 aromatic carbocycles. The van der Waals surface area contributed by atoms with Crippen molar-refractivity contribution in [3.63, 3.8) is 0 Å². The summed E-state index contributed by atoms with van der Waals surface area (Å²) in [6.45, 7) is 2.62. The van der Waals surface area contributed by atoms with E-state index in [1.165, 1.54) is 0 Å². The van der Waals surface area contributed by atoms with Crippen LogP contribution in [-0.4, -0.2) is 15.5 Å². The Morgan fingerprint density at radius 3 is 1.83 bits per heavy atom. The maximum atomic E-state index is 12.7. The first kappa shape index (κ1) is 22.5. The number of carbonyl (C=O) groups excluding carboxylic acids is 1. The third-order valence-corrected chi connectivity index (χ3v) is 4.61. The number of amides is 1. The molecule has 0 saturated heterocycles. The lowest BCUT2D eigenvalue weighted by molar-refractivity contribution is -0.432. The van der Waals surface area contributed by atoms with Crippen LogP contribution in [0.1, 0.15) is 23.4 Å². The summed E-state index contributed by atoms with van der Waals surface area (Å²) in [4.78, 5) is 42.6. The summed E-state index contributed by atoms with van der Waals surface area (Å²) in [5, 5.41) is 0. The molecule has 0 bridgehead atoms. The van der Waals surface area contributed by atoms with E-state index < -0.39 is 13.2 Å². The molecule has 0 atom stereocenters.